The monoisotopic (exact) mass is 402 g/mol. The van der Waals surface area contributed by atoms with Crippen molar-refractivity contribution in [3.63, 3.8) is 0 Å². The molecule has 1 N–H and O–H groups in total. The molecule has 0 aliphatic rings. The maximum Gasteiger partial charge on any atom is 0.252 e. The zero-order valence-corrected chi connectivity index (χ0v) is 16.7. The Balaban J connectivity index is 1.37. The van der Waals surface area contributed by atoms with E-state index in [9.17, 15) is 9.59 Å². The summed E-state index contributed by atoms with van der Waals surface area (Å²) in [5.74, 6) is -0.205. The van der Waals surface area contributed by atoms with E-state index in [1.165, 1.54) is 0 Å². The van der Waals surface area contributed by atoms with Gasteiger partial charge in [-0.15, -0.1) is 0 Å². The van der Waals surface area contributed by atoms with E-state index in [0.29, 0.717) is 42.8 Å². The lowest BCUT2D eigenvalue weighted by Crippen LogP contribution is -2.27. The van der Waals surface area contributed by atoms with Crippen LogP contribution in [0.3, 0.4) is 0 Å². The van der Waals surface area contributed by atoms with Crippen LogP contribution < -0.4 is 10.9 Å². The predicted molar refractivity (Wildman–Crippen MR) is 113 cm³/mol. The molecular formula is C22H22N6O2. The van der Waals surface area contributed by atoms with Crippen molar-refractivity contribution < 1.29 is 4.79 Å². The van der Waals surface area contributed by atoms with Gasteiger partial charge in [-0.25, -0.2) is 9.97 Å². The zero-order chi connectivity index (χ0) is 20.9. The molecular weight excluding hydrogens is 380 g/mol. The Morgan fingerprint density at radius 3 is 2.83 bits per heavy atom. The third kappa shape index (κ3) is 4.27. The maximum absolute atomic E-state index is 12.5. The number of nitrogens with one attached hydrogen (secondary N) is 1. The second kappa shape index (κ2) is 8.69. The Morgan fingerprint density at radius 2 is 2.03 bits per heavy atom. The van der Waals surface area contributed by atoms with Gasteiger partial charge in [-0.05, 0) is 37.1 Å². The molecule has 0 saturated heterocycles. The van der Waals surface area contributed by atoms with Crippen LogP contribution >= 0.6 is 0 Å². The number of hydrogen-bond acceptors (Lipinski definition) is 5. The molecule has 0 bridgehead atoms. The number of rotatable bonds is 7. The van der Waals surface area contributed by atoms with E-state index < -0.39 is 0 Å². The van der Waals surface area contributed by atoms with Gasteiger partial charge in [-0.3, -0.25) is 14.6 Å². The Kier molecular flexibility index (Phi) is 5.65. The van der Waals surface area contributed by atoms with Crippen LogP contribution in [0.25, 0.3) is 11.2 Å². The van der Waals surface area contributed by atoms with Crippen molar-refractivity contribution in [3.05, 3.63) is 88.5 Å². The minimum Gasteiger partial charge on any atom is -0.352 e. The van der Waals surface area contributed by atoms with Crippen LogP contribution in [0, 0.1) is 6.92 Å². The van der Waals surface area contributed by atoms with E-state index in [1.807, 2.05) is 29.7 Å². The van der Waals surface area contributed by atoms with Gasteiger partial charge in [0.05, 0.1) is 18.4 Å². The third-order valence-corrected chi connectivity index (χ3v) is 4.91. The van der Waals surface area contributed by atoms with Gasteiger partial charge < -0.3 is 14.5 Å². The molecule has 0 saturated carbocycles. The van der Waals surface area contributed by atoms with Crippen molar-refractivity contribution in [2.24, 2.45) is 0 Å². The first-order chi connectivity index (χ1) is 14.6. The molecule has 152 valence electrons. The fraction of sp³-hybridized carbons (Fsp3) is 0.227. The quantitative estimate of drug-likeness (QED) is 0.478. The fourth-order valence-corrected chi connectivity index (χ4v) is 3.33. The van der Waals surface area contributed by atoms with Crippen LogP contribution in [-0.2, 0) is 13.1 Å². The molecule has 4 heterocycles. The normalized spacial score (nSPS) is 11.0. The summed E-state index contributed by atoms with van der Waals surface area (Å²) in [5, 5.41) is 2.88. The number of nitrogens with zero attached hydrogens (tertiary/aromatic N) is 5. The van der Waals surface area contributed by atoms with Gasteiger partial charge in [0.2, 0.25) is 0 Å². The van der Waals surface area contributed by atoms with Crippen LogP contribution in [0.15, 0.2) is 66.1 Å². The minimum atomic E-state index is -0.205. The van der Waals surface area contributed by atoms with Crippen molar-refractivity contribution >= 4 is 17.1 Å². The molecule has 0 aliphatic carbocycles. The number of carbonyl (C=O) groups excluding carboxylic acids is 1. The largest absolute Gasteiger partial charge is 0.352 e. The SMILES string of the molecule is Cc1cccc(=O)n1CCCNC(=O)c1cnc2c(c1)ncn2Cc1cccnc1. The first-order valence-corrected chi connectivity index (χ1v) is 9.76. The topological polar surface area (TPSA) is 94.7 Å². The predicted octanol–water partition coefficient (Wildman–Crippen LogP) is 2.16. The molecule has 4 rings (SSSR count). The van der Waals surface area contributed by atoms with E-state index in [2.05, 4.69) is 20.3 Å². The summed E-state index contributed by atoms with van der Waals surface area (Å²) in [5.41, 5.74) is 3.77. The Morgan fingerprint density at radius 1 is 1.13 bits per heavy atom. The average molecular weight is 402 g/mol. The molecule has 1 amide bonds. The summed E-state index contributed by atoms with van der Waals surface area (Å²) in [6.45, 7) is 3.53. The van der Waals surface area contributed by atoms with Gasteiger partial charge in [0.15, 0.2) is 5.65 Å². The second-order valence-electron chi connectivity index (χ2n) is 7.07. The van der Waals surface area contributed by atoms with Crippen LogP contribution in [0.5, 0.6) is 0 Å². The molecule has 8 nitrogen and oxygen atoms in total. The number of aryl methyl sites for hydroxylation is 1. The number of imidazole rings is 1. The molecule has 0 fully saturated rings. The molecule has 4 aromatic heterocycles. The van der Waals surface area contributed by atoms with E-state index in [0.717, 1.165) is 11.3 Å². The highest BCUT2D eigenvalue weighted by Crippen LogP contribution is 2.14. The van der Waals surface area contributed by atoms with Crippen molar-refractivity contribution in [2.45, 2.75) is 26.4 Å². The maximum atomic E-state index is 12.5. The van der Waals surface area contributed by atoms with Crippen molar-refractivity contribution in [3.8, 4) is 0 Å². The van der Waals surface area contributed by atoms with Gasteiger partial charge in [0.25, 0.3) is 11.5 Å². The molecule has 0 aromatic carbocycles. The van der Waals surface area contributed by atoms with Crippen molar-refractivity contribution in [1.82, 2.24) is 29.4 Å². The highest BCUT2D eigenvalue weighted by Gasteiger charge is 2.11. The second-order valence-corrected chi connectivity index (χ2v) is 7.07. The van der Waals surface area contributed by atoms with E-state index in [4.69, 9.17) is 0 Å². The van der Waals surface area contributed by atoms with Gasteiger partial charge in [-0.2, -0.15) is 0 Å². The van der Waals surface area contributed by atoms with E-state index in [-0.39, 0.29) is 11.5 Å². The Bertz CT molecular complexity index is 1230. The molecule has 0 aliphatic heterocycles. The zero-order valence-electron chi connectivity index (χ0n) is 16.7. The fourth-order valence-electron chi connectivity index (χ4n) is 3.33. The first-order valence-electron chi connectivity index (χ1n) is 9.76. The summed E-state index contributed by atoms with van der Waals surface area (Å²) in [7, 11) is 0. The molecule has 30 heavy (non-hydrogen) atoms. The summed E-state index contributed by atoms with van der Waals surface area (Å²) in [6.07, 6.45) is 7.47. The highest BCUT2D eigenvalue weighted by molar-refractivity contribution is 5.96. The van der Waals surface area contributed by atoms with Crippen LogP contribution in [0.4, 0.5) is 0 Å². The molecule has 0 unspecified atom stereocenters. The number of hydrogen-bond donors (Lipinski definition) is 1. The first kappa shape index (κ1) is 19.5. The number of fused-ring (bicyclic) bond motifs is 1. The molecule has 0 spiro atoms. The number of pyridine rings is 3. The molecule has 0 atom stereocenters. The van der Waals surface area contributed by atoms with Gasteiger partial charge in [0, 0.05) is 43.4 Å². The highest BCUT2D eigenvalue weighted by atomic mass is 16.1. The smallest absolute Gasteiger partial charge is 0.252 e. The molecule has 4 aromatic rings. The Hall–Kier alpha value is -3.81. The lowest BCUT2D eigenvalue weighted by molar-refractivity contribution is 0.0952. The molecule has 0 radical (unpaired) electrons. The van der Waals surface area contributed by atoms with Gasteiger partial charge in [0.1, 0.15) is 5.52 Å². The molecule has 8 heteroatoms. The summed E-state index contributed by atoms with van der Waals surface area (Å²) in [4.78, 5) is 37.3. The number of amides is 1. The third-order valence-electron chi connectivity index (χ3n) is 4.91. The summed E-state index contributed by atoms with van der Waals surface area (Å²) in [6, 6.07) is 10.8. The minimum absolute atomic E-state index is 0.0298. The summed E-state index contributed by atoms with van der Waals surface area (Å²) < 4.78 is 3.63. The lowest BCUT2D eigenvalue weighted by Gasteiger charge is -2.10. The summed E-state index contributed by atoms with van der Waals surface area (Å²) >= 11 is 0. The average Bonchev–Trinajstić information content (AvgIpc) is 3.15. The van der Waals surface area contributed by atoms with Crippen molar-refractivity contribution in [2.75, 3.05) is 6.54 Å². The number of carbonyl (C=O) groups is 1. The standard InChI is InChI=1S/C22H22N6O2/c1-16-5-2-7-20(29)28(16)10-4-9-24-22(30)18-11-19-21(25-13-18)27(15-26-19)14-17-6-3-8-23-12-17/h2-3,5-8,11-13,15H,4,9-10,14H2,1H3,(H,24,30). The Labute approximate surface area is 173 Å². The van der Waals surface area contributed by atoms with E-state index >= 15 is 0 Å². The van der Waals surface area contributed by atoms with Gasteiger partial charge in [-0.1, -0.05) is 12.1 Å². The van der Waals surface area contributed by atoms with Gasteiger partial charge >= 0.3 is 0 Å². The lowest BCUT2D eigenvalue weighted by atomic mass is 10.2. The van der Waals surface area contributed by atoms with Crippen LogP contribution in [0.2, 0.25) is 0 Å². The van der Waals surface area contributed by atoms with Crippen molar-refractivity contribution in [1.29, 1.82) is 0 Å². The van der Waals surface area contributed by atoms with Crippen LogP contribution in [-0.4, -0.2) is 36.5 Å². The number of aromatic nitrogens is 5. The van der Waals surface area contributed by atoms with E-state index in [1.54, 1.807) is 47.7 Å². The van der Waals surface area contributed by atoms with Crippen LogP contribution in [0.1, 0.15) is 28.0 Å².